The second kappa shape index (κ2) is 9.14. The Kier molecular flexibility index (Phi) is 6.60. The molecular weight excluding hydrogens is 362 g/mol. The molecule has 2 aromatic carbocycles. The first-order chi connectivity index (χ1) is 13.9. The summed E-state index contributed by atoms with van der Waals surface area (Å²) >= 11 is 0. The predicted octanol–water partition coefficient (Wildman–Crippen LogP) is 4.69. The van der Waals surface area contributed by atoms with Crippen LogP contribution >= 0.6 is 0 Å². The monoisotopic (exact) mass is 393 g/mol. The number of aromatic nitrogens is 2. The summed E-state index contributed by atoms with van der Waals surface area (Å²) in [5, 5.41) is 3.78. The summed E-state index contributed by atoms with van der Waals surface area (Å²) in [4.78, 5) is 4.70. The van der Waals surface area contributed by atoms with Gasteiger partial charge in [-0.05, 0) is 56.0 Å². The van der Waals surface area contributed by atoms with Gasteiger partial charge in [-0.2, -0.15) is 0 Å². The van der Waals surface area contributed by atoms with Crippen LogP contribution in [0.2, 0.25) is 0 Å². The van der Waals surface area contributed by atoms with Crippen molar-refractivity contribution in [2.24, 2.45) is 7.05 Å². The van der Waals surface area contributed by atoms with Crippen molar-refractivity contribution in [3.8, 4) is 11.5 Å². The van der Waals surface area contributed by atoms with Gasteiger partial charge in [0, 0.05) is 25.3 Å². The summed E-state index contributed by atoms with van der Waals surface area (Å²) in [6.45, 7) is 6.34. The lowest BCUT2D eigenvalue weighted by atomic mass is 9.95. The van der Waals surface area contributed by atoms with Crippen molar-refractivity contribution in [3.63, 3.8) is 0 Å². The van der Waals surface area contributed by atoms with E-state index in [1.165, 1.54) is 11.1 Å². The number of nitrogens with one attached hydrogen (secondary N) is 1. The Labute approximate surface area is 173 Å². The van der Waals surface area contributed by atoms with Gasteiger partial charge in [0.05, 0.1) is 19.9 Å². The molecule has 0 amide bonds. The SMILES string of the molecule is COc1ccc([C@@H](Cc2ccccc2C)N[C@@H](C)c2cn(C)c(C)n2)cc1OC. The fraction of sp³-hybridized carbons (Fsp3) is 0.375. The average molecular weight is 394 g/mol. The summed E-state index contributed by atoms with van der Waals surface area (Å²) in [6, 6.07) is 14.9. The molecule has 0 aliphatic rings. The minimum absolute atomic E-state index is 0.105. The summed E-state index contributed by atoms with van der Waals surface area (Å²) in [6.07, 6.45) is 2.96. The molecule has 1 aromatic heterocycles. The minimum Gasteiger partial charge on any atom is -0.493 e. The standard InChI is InChI=1S/C24H31N3O2/c1-16-9-7-8-10-19(16)13-21(20-11-12-23(28-5)24(14-20)29-6)25-17(2)22-15-27(4)18(3)26-22/h7-12,14-15,17,21,25H,13H2,1-6H3/t17-,21+/m0/s1. The zero-order chi connectivity index (χ0) is 21.0. The van der Waals surface area contributed by atoms with Gasteiger partial charge >= 0.3 is 0 Å². The van der Waals surface area contributed by atoms with Gasteiger partial charge in [-0.1, -0.05) is 30.3 Å². The largest absolute Gasteiger partial charge is 0.493 e. The van der Waals surface area contributed by atoms with Gasteiger partial charge in [0.25, 0.3) is 0 Å². The van der Waals surface area contributed by atoms with Crippen molar-refractivity contribution in [2.75, 3.05) is 14.2 Å². The van der Waals surface area contributed by atoms with Gasteiger partial charge in [0.1, 0.15) is 5.82 Å². The van der Waals surface area contributed by atoms with Crippen molar-refractivity contribution >= 4 is 0 Å². The number of nitrogens with zero attached hydrogens (tertiary/aromatic N) is 2. The van der Waals surface area contributed by atoms with Crippen LogP contribution in [0.1, 0.15) is 47.2 Å². The van der Waals surface area contributed by atoms with Gasteiger partial charge in [0.15, 0.2) is 11.5 Å². The van der Waals surface area contributed by atoms with Gasteiger partial charge in [-0.3, -0.25) is 0 Å². The van der Waals surface area contributed by atoms with E-state index < -0.39 is 0 Å². The quantitative estimate of drug-likeness (QED) is 0.603. The van der Waals surface area contributed by atoms with Crippen LogP contribution in [0.15, 0.2) is 48.7 Å². The second-order valence-corrected chi connectivity index (χ2v) is 7.51. The molecular formula is C24H31N3O2. The molecule has 5 nitrogen and oxygen atoms in total. The lowest BCUT2D eigenvalue weighted by molar-refractivity contribution is 0.353. The number of benzene rings is 2. The highest BCUT2D eigenvalue weighted by Crippen LogP contribution is 2.32. The molecule has 0 spiro atoms. The van der Waals surface area contributed by atoms with Gasteiger partial charge in [-0.15, -0.1) is 0 Å². The van der Waals surface area contributed by atoms with E-state index in [0.29, 0.717) is 0 Å². The van der Waals surface area contributed by atoms with Crippen LogP contribution in [0.4, 0.5) is 0 Å². The summed E-state index contributed by atoms with van der Waals surface area (Å²) in [7, 11) is 5.36. The Morgan fingerprint density at radius 2 is 1.76 bits per heavy atom. The Balaban J connectivity index is 1.94. The van der Waals surface area contributed by atoms with Crippen molar-refractivity contribution < 1.29 is 9.47 Å². The highest BCUT2D eigenvalue weighted by atomic mass is 16.5. The molecule has 29 heavy (non-hydrogen) atoms. The van der Waals surface area contributed by atoms with Gasteiger partial charge < -0.3 is 19.4 Å². The molecule has 0 aliphatic heterocycles. The van der Waals surface area contributed by atoms with Crippen LogP contribution in [0, 0.1) is 13.8 Å². The Bertz CT molecular complexity index is 945. The summed E-state index contributed by atoms with van der Waals surface area (Å²) in [5.74, 6) is 2.48. The first-order valence-electron chi connectivity index (χ1n) is 9.95. The van der Waals surface area contributed by atoms with E-state index in [9.17, 15) is 0 Å². The van der Waals surface area contributed by atoms with E-state index in [2.05, 4.69) is 66.3 Å². The highest BCUT2D eigenvalue weighted by Gasteiger charge is 2.20. The molecule has 5 heteroatoms. The molecule has 3 rings (SSSR count). The summed E-state index contributed by atoms with van der Waals surface area (Å²) in [5.41, 5.74) is 4.82. The second-order valence-electron chi connectivity index (χ2n) is 7.51. The molecule has 0 aliphatic carbocycles. The lowest BCUT2D eigenvalue weighted by Gasteiger charge is -2.25. The van der Waals surface area contributed by atoms with E-state index in [0.717, 1.165) is 35.0 Å². The molecule has 0 radical (unpaired) electrons. The van der Waals surface area contributed by atoms with E-state index in [-0.39, 0.29) is 12.1 Å². The Morgan fingerprint density at radius 3 is 2.38 bits per heavy atom. The number of methoxy groups -OCH3 is 2. The maximum Gasteiger partial charge on any atom is 0.161 e. The first-order valence-corrected chi connectivity index (χ1v) is 9.95. The number of aryl methyl sites for hydroxylation is 3. The number of imidazole rings is 1. The lowest BCUT2D eigenvalue weighted by Crippen LogP contribution is -2.27. The van der Waals surface area contributed by atoms with Crippen molar-refractivity contribution in [1.82, 2.24) is 14.9 Å². The third-order valence-electron chi connectivity index (χ3n) is 5.52. The zero-order valence-corrected chi connectivity index (χ0v) is 18.2. The first kappa shape index (κ1) is 20.9. The van der Waals surface area contributed by atoms with Crippen LogP contribution in [0.25, 0.3) is 0 Å². The van der Waals surface area contributed by atoms with Crippen LogP contribution < -0.4 is 14.8 Å². The Morgan fingerprint density at radius 1 is 1.03 bits per heavy atom. The zero-order valence-electron chi connectivity index (χ0n) is 18.2. The van der Waals surface area contributed by atoms with Gasteiger partial charge in [-0.25, -0.2) is 4.98 Å². The van der Waals surface area contributed by atoms with Crippen LogP contribution in [0.3, 0.4) is 0 Å². The third-order valence-corrected chi connectivity index (χ3v) is 5.52. The predicted molar refractivity (Wildman–Crippen MR) is 117 cm³/mol. The van der Waals surface area contributed by atoms with Crippen molar-refractivity contribution in [3.05, 3.63) is 76.9 Å². The van der Waals surface area contributed by atoms with Crippen LogP contribution in [-0.4, -0.2) is 23.8 Å². The smallest absolute Gasteiger partial charge is 0.161 e. The molecule has 3 aromatic rings. The number of hydrogen-bond acceptors (Lipinski definition) is 4. The Hall–Kier alpha value is -2.79. The minimum atomic E-state index is 0.105. The van der Waals surface area contributed by atoms with E-state index in [1.54, 1.807) is 14.2 Å². The van der Waals surface area contributed by atoms with Crippen LogP contribution in [0.5, 0.6) is 11.5 Å². The number of rotatable bonds is 8. The highest BCUT2D eigenvalue weighted by molar-refractivity contribution is 5.44. The molecule has 0 fully saturated rings. The summed E-state index contributed by atoms with van der Waals surface area (Å²) < 4.78 is 13.0. The normalized spacial score (nSPS) is 13.2. The van der Waals surface area contributed by atoms with Crippen molar-refractivity contribution in [1.29, 1.82) is 0 Å². The number of hydrogen-bond donors (Lipinski definition) is 1. The third kappa shape index (κ3) is 4.80. The molecule has 0 bridgehead atoms. The topological polar surface area (TPSA) is 48.3 Å². The van der Waals surface area contributed by atoms with Crippen molar-refractivity contribution in [2.45, 2.75) is 39.3 Å². The van der Waals surface area contributed by atoms with Crippen LogP contribution in [-0.2, 0) is 13.5 Å². The molecule has 154 valence electrons. The van der Waals surface area contributed by atoms with E-state index >= 15 is 0 Å². The van der Waals surface area contributed by atoms with E-state index in [1.807, 2.05) is 20.0 Å². The molecule has 1 heterocycles. The molecule has 0 saturated carbocycles. The fourth-order valence-corrected chi connectivity index (χ4v) is 3.58. The average Bonchev–Trinajstić information content (AvgIpc) is 3.07. The van der Waals surface area contributed by atoms with Gasteiger partial charge in [0.2, 0.25) is 0 Å². The fourth-order valence-electron chi connectivity index (χ4n) is 3.58. The van der Waals surface area contributed by atoms with E-state index in [4.69, 9.17) is 14.5 Å². The molecule has 1 N–H and O–H groups in total. The maximum atomic E-state index is 5.54. The maximum absolute atomic E-state index is 5.54. The molecule has 0 saturated heterocycles. The molecule has 0 unspecified atom stereocenters. The number of ether oxygens (including phenoxy) is 2. The molecule has 2 atom stereocenters.